The molecule has 0 saturated carbocycles. The van der Waals surface area contributed by atoms with Crippen LogP contribution in [0.3, 0.4) is 0 Å². The van der Waals surface area contributed by atoms with E-state index in [1.54, 1.807) is 6.20 Å². The van der Waals surface area contributed by atoms with Crippen molar-refractivity contribution in [3.8, 4) is 0 Å². The van der Waals surface area contributed by atoms with Gasteiger partial charge in [-0.2, -0.15) is 10.2 Å². The van der Waals surface area contributed by atoms with Crippen LogP contribution in [0.25, 0.3) is 0 Å². The molecule has 1 aromatic rings. The van der Waals surface area contributed by atoms with E-state index in [-0.39, 0.29) is 6.90 Å². The molecule has 0 aromatic carbocycles. The first-order valence-corrected chi connectivity index (χ1v) is 2.40. The molecular weight excluding hydrogens is 100 g/mol. The Morgan fingerprint density at radius 1 is 1.75 bits per heavy atom. The van der Waals surface area contributed by atoms with Crippen LogP contribution >= 0.6 is 0 Å². The van der Waals surface area contributed by atoms with Gasteiger partial charge in [-0.25, -0.2) is 0 Å². The molecule has 0 bridgehead atoms. The Bertz CT molecular complexity index is 200. The Hall–Kier alpha value is -0.920. The molecule has 2 heteroatoms. The maximum Gasteiger partial charge on any atom is 0.0602 e. The first kappa shape index (κ1) is 4.01. The Labute approximate surface area is 50.0 Å². The van der Waals surface area contributed by atoms with Crippen LogP contribution in [0.1, 0.15) is 12.6 Å². The highest BCUT2D eigenvalue weighted by atomic mass is 15.1. The number of nitrogens with zero attached hydrogens (tertiary/aromatic N) is 2. The molecule has 0 radical (unpaired) electrons. The van der Waals surface area contributed by atoms with E-state index >= 15 is 0 Å². The van der Waals surface area contributed by atoms with Gasteiger partial charge < -0.3 is 0 Å². The number of aromatic nitrogens is 2. The highest BCUT2D eigenvalue weighted by molar-refractivity contribution is 5.08. The molecule has 0 spiro atoms. The second kappa shape index (κ2) is 1.90. The predicted octanol–water partition coefficient (Wildman–Crippen LogP) is 1.09. The molecular formula is C6H8N2. The Morgan fingerprint density at radius 2 is 2.62 bits per heavy atom. The van der Waals surface area contributed by atoms with E-state index in [1.807, 2.05) is 13.0 Å². The van der Waals surface area contributed by atoms with Gasteiger partial charge >= 0.3 is 0 Å². The summed E-state index contributed by atoms with van der Waals surface area (Å²) in [5, 5.41) is 7.44. The summed E-state index contributed by atoms with van der Waals surface area (Å²) in [6.07, 6.45) is 1.61. The predicted molar refractivity (Wildman–Crippen MR) is 31.5 cm³/mol. The summed E-state index contributed by atoms with van der Waals surface area (Å²) in [7, 11) is 0. The molecule has 0 N–H and O–H groups in total. The van der Waals surface area contributed by atoms with E-state index in [1.165, 1.54) is 0 Å². The molecule has 1 heterocycles. The normalized spacial score (nSPS) is 10.9. The van der Waals surface area contributed by atoms with Gasteiger partial charge in [0.2, 0.25) is 0 Å². The molecule has 1 rings (SSSR count). The summed E-state index contributed by atoms with van der Waals surface area (Å²) in [6, 6.07) is 1.86. The van der Waals surface area contributed by atoms with E-state index in [4.69, 9.17) is 1.37 Å². The van der Waals surface area contributed by atoms with E-state index in [0.717, 1.165) is 11.3 Å². The fraction of sp³-hybridized carbons (Fsp3) is 0.333. The van der Waals surface area contributed by atoms with Crippen LogP contribution in [0, 0.1) is 13.8 Å². The second-order valence-electron chi connectivity index (χ2n) is 1.71. The Morgan fingerprint density at radius 3 is 3.12 bits per heavy atom. The number of hydrogen-bond acceptors (Lipinski definition) is 2. The molecule has 42 valence electrons. The third-order valence-electron chi connectivity index (χ3n) is 0.833. The molecule has 0 unspecified atom stereocenters. The zero-order valence-corrected chi connectivity index (χ0v) is 4.76. The van der Waals surface area contributed by atoms with Crippen molar-refractivity contribution in [1.82, 2.24) is 10.2 Å². The molecule has 0 aliphatic rings. The molecule has 1 aromatic heterocycles. The summed E-state index contributed by atoms with van der Waals surface area (Å²) < 4.78 is 6.97. The molecule has 0 fully saturated rings. The molecule has 8 heavy (non-hydrogen) atoms. The van der Waals surface area contributed by atoms with Crippen LogP contribution in [0.2, 0.25) is 0 Å². The van der Waals surface area contributed by atoms with Crippen molar-refractivity contribution < 1.29 is 1.37 Å². The van der Waals surface area contributed by atoms with Crippen molar-refractivity contribution in [2.24, 2.45) is 0 Å². The van der Waals surface area contributed by atoms with Crippen LogP contribution in [0.4, 0.5) is 0 Å². The Kier molecular flexibility index (Phi) is 0.954. The largest absolute Gasteiger partial charge is 0.159 e. The molecule has 2 nitrogen and oxygen atoms in total. The van der Waals surface area contributed by atoms with Crippen molar-refractivity contribution in [3.63, 3.8) is 0 Å². The molecule has 0 aliphatic heterocycles. The minimum absolute atomic E-state index is 0.288. The lowest BCUT2D eigenvalue weighted by Crippen LogP contribution is -1.84. The summed E-state index contributed by atoms with van der Waals surface area (Å²) in [5.74, 6) is 0. The van der Waals surface area contributed by atoms with Crippen molar-refractivity contribution in [2.75, 3.05) is 0 Å². The van der Waals surface area contributed by atoms with Gasteiger partial charge in [0.15, 0.2) is 0 Å². The lowest BCUT2D eigenvalue weighted by molar-refractivity contribution is 0.966. The van der Waals surface area contributed by atoms with E-state index in [2.05, 4.69) is 10.2 Å². The minimum atomic E-state index is 0.288. The average Bonchev–Trinajstić information content (AvgIpc) is 1.88. The van der Waals surface area contributed by atoms with Gasteiger partial charge in [0.05, 0.1) is 11.9 Å². The van der Waals surface area contributed by atoms with Gasteiger partial charge in [0.1, 0.15) is 0 Å². The van der Waals surface area contributed by atoms with Crippen molar-refractivity contribution in [3.05, 3.63) is 23.5 Å². The van der Waals surface area contributed by atoms with Crippen LogP contribution in [-0.4, -0.2) is 10.2 Å². The zero-order chi connectivity index (χ0) is 6.69. The van der Waals surface area contributed by atoms with Gasteiger partial charge in [0.25, 0.3) is 0 Å². The van der Waals surface area contributed by atoms with Crippen LogP contribution < -0.4 is 0 Å². The summed E-state index contributed by atoms with van der Waals surface area (Å²) >= 11 is 0. The lowest BCUT2D eigenvalue weighted by atomic mass is 10.3. The topological polar surface area (TPSA) is 25.8 Å². The number of hydrogen-bond donors (Lipinski definition) is 0. The highest BCUT2D eigenvalue weighted by Crippen LogP contribution is 1.93. The summed E-state index contributed by atoms with van der Waals surface area (Å²) in [4.78, 5) is 0. The van der Waals surface area contributed by atoms with Crippen LogP contribution in [-0.2, 0) is 0 Å². The lowest BCUT2D eigenvalue weighted by Gasteiger charge is -1.88. The third kappa shape index (κ3) is 1.03. The van der Waals surface area contributed by atoms with Crippen LogP contribution in [0.5, 0.6) is 0 Å². The average molecular weight is 109 g/mol. The van der Waals surface area contributed by atoms with Crippen LogP contribution in [0.15, 0.2) is 12.3 Å². The fourth-order valence-electron chi connectivity index (χ4n) is 0.529. The summed E-state index contributed by atoms with van der Waals surface area (Å²) in [6.45, 7) is 2.16. The van der Waals surface area contributed by atoms with Gasteiger partial charge in [-0.15, -0.1) is 0 Å². The van der Waals surface area contributed by atoms with Crippen molar-refractivity contribution in [2.45, 2.75) is 13.8 Å². The number of rotatable bonds is 0. The van der Waals surface area contributed by atoms with E-state index < -0.39 is 0 Å². The van der Waals surface area contributed by atoms with E-state index in [9.17, 15) is 0 Å². The zero-order valence-electron chi connectivity index (χ0n) is 5.76. The second-order valence-corrected chi connectivity index (χ2v) is 1.71. The van der Waals surface area contributed by atoms with Crippen molar-refractivity contribution >= 4 is 0 Å². The molecule has 0 saturated heterocycles. The number of aryl methyl sites for hydroxylation is 2. The maximum atomic E-state index is 6.97. The van der Waals surface area contributed by atoms with Gasteiger partial charge in [-0.05, 0) is 25.5 Å². The first-order chi connectivity index (χ1) is 4.33. The van der Waals surface area contributed by atoms with E-state index in [0.29, 0.717) is 0 Å². The minimum Gasteiger partial charge on any atom is -0.159 e. The fourth-order valence-corrected chi connectivity index (χ4v) is 0.529. The third-order valence-corrected chi connectivity index (χ3v) is 0.833. The SMILES string of the molecule is [2H]Cc1cnnc(C)c1. The van der Waals surface area contributed by atoms with Gasteiger partial charge in [0, 0.05) is 1.37 Å². The molecule has 0 amide bonds. The molecule has 0 aliphatic carbocycles. The monoisotopic (exact) mass is 109 g/mol. The standard InChI is InChI=1S/C6H8N2/c1-5-3-6(2)8-7-4-5/h3-4H,1-2H3/i1D. The highest BCUT2D eigenvalue weighted by Gasteiger charge is 1.83. The van der Waals surface area contributed by atoms with Gasteiger partial charge in [-0.1, -0.05) is 0 Å². The van der Waals surface area contributed by atoms with Crippen molar-refractivity contribution in [1.29, 1.82) is 0 Å². The first-order valence-electron chi connectivity index (χ1n) is 3.11. The quantitative estimate of drug-likeness (QED) is 0.498. The summed E-state index contributed by atoms with van der Waals surface area (Å²) in [5.41, 5.74) is 1.79. The van der Waals surface area contributed by atoms with Gasteiger partial charge in [-0.3, -0.25) is 0 Å². The molecule has 0 atom stereocenters. The smallest absolute Gasteiger partial charge is 0.0602 e. The Balaban J connectivity index is 2.94. The maximum absolute atomic E-state index is 6.97.